The first kappa shape index (κ1) is 105. The van der Waals surface area contributed by atoms with Crippen molar-refractivity contribution >= 4 is 240 Å². The Bertz CT molecular complexity index is 8730. The Morgan fingerprint density at radius 3 is 1.27 bits per heavy atom. The molecule has 7 N–H and O–H groups in total. The Morgan fingerprint density at radius 2 is 0.787 bits per heavy atom. The number of rotatable bonds is 20. The van der Waals surface area contributed by atoms with Gasteiger partial charge in [0, 0.05) is 201 Å². The Hall–Kier alpha value is -16.2. The van der Waals surface area contributed by atoms with Crippen LogP contribution in [-0.2, 0) is 38.5 Å². The van der Waals surface area contributed by atoms with Crippen LogP contribution in [0.4, 0.5) is 37.2 Å². The minimum absolute atomic E-state index is 0.132. The highest BCUT2D eigenvalue weighted by atomic mass is 79.9. The fourth-order valence-corrected chi connectivity index (χ4v) is 20.0. The fourth-order valence-electron chi connectivity index (χ4n) is 17.1. The van der Waals surface area contributed by atoms with Gasteiger partial charge < -0.3 is 48.5 Å². The van der Waals surface area contributed by atoms with Crippen molar-refractivity contribution in [2.24, 2.45) is 14.1 Å². The van der Waals surface area contributed by atoms with Crippen LogP contribution in [0.3, 0.4) is 0 Å². The van der Waals surface area contributed by atoms with Gasteiger partial charge in [-0.1, -0.05) is 188 Å². The molecule has 0 unspecified atom stereocenters. The second-order valence-electron chi connectivity index (χ2n) is 35.0. The first-order valence-corrected chi connectivity index (χ1v) is 52.1. The summed E-state index contributed by atoms with van der Waals surface area (Å²) in [6.07, 6.45) is 14.3. The van der Waals surface area contributed by atoms with Gasteiger partial charge >= 0.3 is 5.97 Å². The van der Waals surface area contributed by atoms with Crippen molar-refractivity contribution in [2.75, 3.05) is 39.0 Å². The van der Waals surface area contributed by atoms with Crippen LogP contribution in [0.5, 0.6) is 0 Å². The van der Waals surface area contributed by atoms with Crippen molar-refractivity contribution in [3.05, 3.63) is 446 Å². The molecule has 12 aromatic heterocycles. The lowest BCUT2D eigenvalue weighted by atomic mass is 10.1. The molecule has 0 aliphatic heterocycles. The number of ether oxygens (including phenoxy) is 1. The number of nitrogens with one attached hydrogen (secondary N) is 7. The van der Waals surface area contributed by atoms with E-state index in [1.54, 1.807) is 61.1 Å². The molecule has 0 atom stereocenters. The van der Waals surface area contributed by atoms with Gasteiger partial charge in [0.25, 0.3) is 35.4 Å². The van der Waals surface area contributed by atoms with E-state index in [1.165, 1.54) is 58.8 Å². The number of aromatic amines is 1. The van der Waals surface area contributed by atoms with Gasteiger partial charge in [-0.25, -0.2) is 39.1 Å². The highest BCUT2D eigenvalue weighted by molar-refractivity contribution is 9.10. The smallest absolute Gasteiger partial charge is 0.337 e. The third kappa shape index (κ3) is 26.0. The number of carbonyl (C=O) groups is 7. The number of benzene rings is 10. The van der Waals surface area contributed by atoms with E-state index in [-0.39, 0.29) is 41.3 Å². The second kappa shape index (κ2) is 47.8. The van der Waals surface area contributed by atoms with Crippen LogP contribution in [0.15, 0.2) is 336 Å². The molecule has 150 heavy (non-hydrogen) atoms. The molecule has 10 aromatic carbocycles. The number of esters is 1. The third-order valence-corrected chi connectivity index (χ3v) is 27.9. The number of carbonyl (C=O) groups excluding carboxylic acids is 7. The average molecular weight is 2240 g/mol. The molecule has 12 heterocycles. The Morgan fingerprint density at radius 1 is 0.380 bits per heavy atom. The zero-order valence-corrected chi connectivity index (χ0v) is 89.9. The van der Waals surface area contributed by atoms with Gasteiger partial charge in [0.15, 0.2) is 15.4 Å². The van der Waals surface area contributed by atoms with Gasteiger partial charge in [0.05, 0.1) is 61.8 Å². The van der Waals surface area contributed by atoms with Crippen molar-refractivity contribution < 1.29 is 42.7 Å². The van der Waals surface area contributed by atoms with Crippen molar-refractivity contribution in [3.8, 4) is 11.3 Å². The number of halogens is 6. The molecule has 0 radical (unpaired) electrons. The lowest BCUT2D eigenvalue weighted by Gasteiger charge is -2.06. The van der Waals surface area contributed by atoms with E-state index in [9.17, 15) is 38.0 Å². The van der Waals surface area contributed by atoms with Gasteiger partial charge in [0.1, 0.15) is 23.3 Å². The van der Waals surface area contributed by atoms with Crippen molar-refractivity contribution in [1.29, 1.82) is 0 Å². The average Bonchev–Trinajstić information content (AvgIpc) is 1.64. The van der Waals surface area contributed by atoms with Crippen molar-refractivity contribution in [1.82, 2.24) is 57.7 Å². The lowest BCUT2D eigenvalue weighted by Crippen LogP contribution is -2.13. The number of amides is 6. The minimum Gasteiger partial charge on any atom is -0.465 e. The summed E-state index contributed by atoms with van der Waals surface area (Å²) in [6, 6.07) is 81.5. The Kier molecular flexibility index (Phi) is 33.5. The number of aromatic nitrogens is 12. The largest absolute Gasteiger partial charge is 0.465 e. The molecule has 0 aliphatic carbocycles. The molecule has 0 saturated heterocycles. The molecule has 0 aliphatic rings. The quantitative estimate of drug-likeness (QED) is 0.0349. The predicted molar refractivity (Wildman–Crippen MR) is 609 cm³/mol. The zero-order valence-electron chi connectivity index (χ0n) is 82.0. The summed E-state index contributed by atoms with van der Waals surface area (Å²) in [5.74, 6) is -0.108. The van der Waals surface area contributed by atoms with Gasteiger partial charge in [0.2, 0.25) is 0 Å². The van der Waals surface area contributed by atoms with Gasteiger partial charge in [-0.2, -0.15) is 0 Å². The van der Waals surface area contributed by atoms with E-state index in [0.29, 0.717) is 117 Å². The first-order valence-electron chi connectivity index (χ1n) is 46.7. The molecular formula is C115H94Br2Cl3FN18O8S3. The summed E-state index contributed by atoms with van der Waals surface area (Å²) in [5, 5.41) is 31.2. The van der Waals surface area contributed by atoms with Gasteiger partial charge in [-0.05, 0) is 214 Å². The molecule has 22 rings (SSSR count). The van der Waals surface area contributed by atoms with E-state index >= 15 is 0 Å². The van der Waals surface area contributed by atoms with Gasteiger partial charge in [-0.15, -0.1) is 34.0 Å². The van der Waals surface area contributed by atoms with Crippen LogP contribution in [0, 0.1) is 47.4 Å². The molecule has 752 valence electrons. The van der Waals surface area contributed by atoms with Crippen LogP contribution >= 0.6 is 101 Å². The molecule has 6 amide bonds. The first-order chi connectivity index (χ1) is 72.3. The summed E-state index contributed by atoms with van der Waals surface area (Å²) in [6.45, 7) is 13.6. The minimum atomic E-state index is -0.440. The maximum absolute atomic E-state index is 13.2. The van der Waals surface area contributed by atoms with E-state index in [1.807, 2.05) is 311 Å². The third-order valence-electron chi connectivity index (χ3n) is 23.8. The Balaban J connectivity index is 0.000000123. The SMILES string of the molecule is COC(=O)c1ccc2c(C(=O)Nc3nc(-c4ccc(Cl)c(Cl)c4)cs3)c[nH]c2c1.Cc1cc(C)nc(NC(=O)c2cn(C)c3ccc(Br)cc23)c1.Cc1cc(C)nc(NC(=O)c2cn(C)c3ccccc23)c1.Cc1cc(C)nc(NC(=O)c2cn(Cc3ccc(F)cc3)c3ccc(Br)cc23)c1.O=C(Nc1nccs1)c1cn(Cc2ccc(Cl)cc2)c2ccccc12.O=C(Nc1nccs1)c1cn(Cc2ccccc2)c2ccccc12. The molecule has 35 heteroatoms. The molecule has 22 aromatic rings. The maximum atomic E-state index is 13.2. The number of H-pyrrole nitrogens is 1. The molecule has 0 fully saturated rings. The highest BCUT2D eigenvalue weighted by Crippen LogP contribution is 2.36. The topological polar surface area (TPSA) is 319 Å². The number of fused-ring (bicyclic) bond motifs is 6. The summed E-state index contributed by atoms with van der Waals surface area (Å²) in [4.78, 5) is 117. The molecular weight excluding hydrogens is 2140 g/mol. The van der Waals surface area contributed by atoms with E-state index < -0.39 is 5.97 Å². The van der Waals surface area contributed by atoms with E-state index in [0.717, 1.165) is 120 Å². The number of hydrogen-bond acceptors (Lipinski definition) is 17. The summed E-state index contributed by atoms with van der Waals surface area (Å²) >= 11 is 29.0. The van der Waals surface area contributed by atoms with Gasteiger partial charge in [-0.3, -0.25) is 44.7 Å². The monoisotopic (exact) mass is 2230 g/mol. The number of methoxy groups -OCH3 is 1. The predicted octanol–water partition coefficient (Wildman–Crippen LogP) is 28.6. The van der Waals surface area contributed by atoms with Crippen LogP contribution in [0.1, 0.15) is 123 Å². The highest BCUT2D eigenvalue weighted by Gasteiger charge is 2.25. The van der Waals surface area contributed by atoms with Crippen molar-refractivity contribution in [3.63, 3.8) is 0 Å². The standard InChI is InChI=1S/C23H19BrFN3O.C20H13Cl2N3O3S.C19H14ClN3OS.C19H15N3OS.C17H16BrN3O.C17H17N3O/c1-14-9-15(2)26-22(10-14)27-23(29)20-13-28(12-16-3-6-18(25)7-4-16)21-8-5-17(24)11-19(20)21;1-28-19(27)11-2-4-12-13(8-23-16(12)7-11)18(26)25-20-24-17(9-29-20)10-3-5-14(21)15(22)6-10;20-14-7-5-13(6-8-14)11-23-12-16(15-3-1-2-4-17(15)23)18(24)22-19-21-9-10-25-19;23-18(21-19-20-10-11-24-19)16-13-22(12-14-6-2-1-3-7-14)17-9-5-4-8-15(16)17;1-10-6-11(2)19-16(7-10)20-17(22)14-9-21(3)15-5-4-12(18)8-13(14)15;1-11-8-12(2)18-16(9-11)19-17(21)14-10-20(3)15-7-5-4-6-13(14)15/h3-11,13H,12H2,1-2H3,(H,26,27,29);2-9,23H,1H3,(H,24,25,26);1-10,12H,11H2,(H,21,22,24);1-11,13H,12H2,(H,20,21,23);4-9H,1-3H3,(H,19,20,22);4-10H,1-3H3,(H,18,19,21). The second-order valence-corrected chi connectivity index (χ2v) is 40.7. The summed E-state index contributed by atoms with van der Waals surface area (Å²) in [7, 11) is 5.19. The fraction of sp³-hybridized carbons (Fsp3) is 0.104. The van der Waals surface area contributed by atoms with Crippen LogP contribution in [0.2, 0.25) is 15.1 Å². The number of para-hydroxylation sites is 3. The number of nitrogens with zero attached hydrogens (tertiary/aromatic N) is 11. The van der Waals surface area contributed by atoms with Crippen molar-refractivity contribution in [2.45, 2.75) is 61.2 Å². The van der Waals surface area contributed by atoms with E-state index in [4.69, 9.17) is 39.5 Å². The lowest BCUT2D eigenvalue weighted by molar-refractivity contribution is 0.0600. The number of hydrogen-bond donors (Lipinski definition) is 7. The Labute approximate surface area is 904 Å². The summed E-state index contributed by atoms with van der Waals surface area (Å²) in [5.41, 5.74) is 20.3. The van der Waals surface area contributed by atoms with Crippen LogP contribution in [-0.4, -0.2) is 106 Å². The molecule has 0 spiro atoms. The molecule has 26 nitrogen and oxygen atoms in total. The van der Waals surface area contributed by atoms with E-state index in [2.05, 4.69) is 120 Å². The zero-order chi connectivity index (χ0) is 106. The summed E-state index contributed by atoms with van der Waals surface area (Å²) < 4.78 is 29.9. The number of anilines is 6. The molecule has 0 bridgehead atoms. The van der Waals surface area contributed by atoms with Crippen LogP contribution in [0.25, 0.3) is 76.7 Å². The normalized spacial score (nSPS) is 10.9. The number of thiazole rings is 3. The van der Waals surface area contributed by atoms with Crippen LogP contribution < -0.4 is 31.9 Å². The number of aryl methyl sites for hydroxylation is 8. The molecule has 0 saturated carbocycles. The maximum Gasteiger partial charge on any atom is 0.337 e. The number of pyridine rings is 3.